The highest BCUT2D eigenvalue weighted by atomic mass is 14.8. The fraction of sp³-hybridized carbons (Fsp3) is 0.389. The zero-order valence-electron chi connectivity index (χ0n) is 11.9. The summed E-state index contributed by atoms with van der Waals surface area (Å²) < 4.78 is 0. The highest BCUT2D eigenvalue weighted by Crippen LogP contribution is 2.20. The van der Waals surface area contributed by atoms with Crippen LogP contribution in [0, 0.1) is 0 Å². The Morgan fingerprint density at radius 1 is 1.10 bits per heavy atom. The molecular formula is C18H22N2. The molecule has 1 aromatic carbocycles. The van der Waals surface area contributed by atoms with E-state index in [1.165, 1.54) is 48.4 Å². The molecule has 0 spiro atoms. The van der Waals surface area contributed by atoms with Gasteiger partial charge >= 0.3 is 0 Å². The van der Waals surface area contributed by atoms with Gasteiger partial charge in [-0.3, -0.25) is 4.98 Å². The highest BCUT2D eigenvalue weighted by Gasteiger charge is 2.04. The maximum absolute atomic E-state index is 4.33. The standard InChI is InChI=1S/C18H22N2/c1-2-6-15(7-3-1)10-11-19-13-17-14-20-12-16-8-4-5-9-18(16)17/h4-6,8-9,12,14,19H,1-3,7,10-11,13H2. The quantitative estimate of drug-likeness (QED) is 0.647. The lowest BCUT2D eigenvalue weighted by atomic mass is 9.97. The average Bonchev–Trinajstić information content (AvgIpc) is 2.53. The number of benzene rings is 1. The molecule has 0 unspecified atom stereocenters. The van der Waals surface area contributed by atoms with Crippen LogP contribution >= 0.6 is 0 Å². The molecule has 2 nitrogen and oxygen atoms in total. The third-order valence-electron chi connectivity index (χ3n) is 4.07. The third kappa shape index (κ3) is 3.26. The molecule has 0 saturated carbocycles. The van der Waals surface area contributed by atoms with Crippen molar-refractivity contribution in [1.29, 1.82) is 0 Å². The highest BCUT2D eigenvalue weighted by molar-refractivity contribution is 5.84. The summed E-state index contributed by atoms with van der Waals surface area (Å²) in [6.07, 6.45) is 12.9. The van der Waals surface area contributed by atoms with Crippen molar-refractivity contribution in [3.05, 3.63) is 53.9 Å². The first-order valence-corrected chi connectivity index (χ1v) is 7.64. The number of allylic oxidation sites excluding steroid dienone is 1. The van der Waals surface area contributed by atoms with Crippen LogP contribution in [0.2, 0.25) is 0 Å². The van der Waals surface area contributed by atoms with Crippen LogP contribution in [0.3, 0.4) is 0 Å². The van der Waals surface area contributed by atoms with Gasteiger partial charge in [-0.05, 0) is 49.6 Å². The van der Waals surface area contributed by atoms with Gasteiger partial charge in [0.05, 0.1) is 0 Å². The zero-order valence-corrected chi connectivity index (χ0v) is 11.9. The average molecular weight is 266 g/mol. The summed E-state index contributed by atoms with van der Waals surface area (Å²) in [6.45, 7) is 1.97. The van der Waals surface area contributed by atoms with Gasteiger partial charge in [0.15, 0.2) is 0 Å². The number of aromatic nitrogens is 1. The summed E-state index contributed by atoms with van der Waals surface area (Å²) in [6, 6.07) is 8.46. The Bertz CT molecular complexity index is 596. The van der Waals surface area contributed by atoms with Crippen molar-refractivity contribution >= 4 is 10.8 Å². The fourth-order valence-electron chi connectivity index (χ4n) is 2.92. The summed E-state index contributed by atoms with van der Waals surface area (Å²) in [5.74, 6) is 0. The second kappa shape index (κ2) is 6.67. The molecule has 2 aromatic rings. The first kappa shape index (κ1) is 13.3. The predicted molar refractivity (Wildman–Crippen MR) is 84.6 cm³/mol. The van der Waals surface area contributed by atoms with Gasteiger partial charge < -0.3 is 5.32 Å². The summed E-state index contributed by atoms with van der Waals surface area (Å²) in [5, 5.41) is 6.10. The zero-order chi connectivity index (χ0) is 13.6. The molecule has 104 valence electrons. The van der Waals surface area contributed by atoms with E-state index in [0.29, 0.717) is 0 Å². The van der Waals surface area contributed by atoms with E-state index in [1.807, 2.05) is 12.4 Å². The molecule has 1 heterocycles. The van der Waals surface area contributed by atoms with E-state index < -0.39 is 0 Å². The van der Waals surface area contributed by atoms with Crippen LogP contribution in [0.1, 0.15) is 37.7 Å². The lowest BCUT2D eigenvalue weighted by molar-refractivity contribution is 0.633. The molecule has 1 aliphatic carbocycles. The van der Waals surface area contributed by atoms with Crippen molar-refractivity contribution in [2.45, 2.75) is 38.6 Å². The second-order valence-electron chi connectivity index (χ2n) is 5.55. The number of pyridine rings is 1. The molecule has 2 heteroatoms. The van der Waals surface area contributed by atoms with Gasteiger partial charge in [-0.1, -0.05) is 35.9 Å². The number of hydrogen-bond acceptors (Lipinski definition) is 2. The van der Waals surface area contributed by atoms with Crippen molar-refractivity contribution in [2.75, 3.05) is 6.54 Å². The van der Waals surface area contributed by atoms with Crippen molar-refractivity contribution in [3.63, 3.8) is 0 Å². The summed E-state index contributed by atoms with van der Waals surface area (Å²) >= 11 is 0. The second-order valence-corrected chi connectivity index (χ2v) is 5.55. The Morgan fingerprint density at radius 2 is 2.05 bits per heavy atom. The first-order chi connectivity index (χ1) is 9.93. The van der Waals surface area contributed by atoms with Crippen molar-refractivity contribution in [2.24, 2.45) is 0 Å². The van der Waals surface area contributed by atoms with Crippen LogP contribution in [0.4, 0.5) is 0 Å². The van der Waals surface area contributed by atoms with E-state index in [4.69, 9.17) is 0 Å². The van der Waals surface area contributed by atoms with Crippen LogP contribution < -0.4 is 5.32 Å². The molecule has 1 aromatic heterocycles. The largest absolute Gasteiger partial charge is 0.312 e. The summed E-state index contributed by atoms with van der Waals surface area (Å²) in [7, 11) is 0. The van der Waals surface area contributed by atoms with Gasteiger partial charge in [0.25, 0.3) is 0 Å². The third-order valence-corrected chi connectivity index (χ3v) is 4.07. The molecule has 0 saturated heterocycles. The van der Waals surface area contributed by atoms with E-state index in [-0.39, 0.29) is 0 Å². The minimum absolute atomic E-state index is 0.904. The molecular weight excluding hydrogens is 244 g/mol. The SMILES string of the molecule is C1=C(CCNCc2cncc3ccccc23)CCCC1. The minimum atomic E-state index is 0.904. The minimum Gasteiger partial charge on any atom is -0.312 e. The lowest BCUT2D eigenvalue weighted by Gasteiger charge is -2.13. The van der Waals surface area contributed by atoms with E-state index in [0.717, 1.165) is 13.1 Å². The van der Waals surface area contributed by atoms with Gasteiger partial charge in [-0.15, -0.1) is 0 Å². The maximum atomic E-state index is 4.33. The smallest absolute Gasteiger partial charge is 0.0346 e. The monoisotopic (exact) mass is 266 g/mol. The Labute approximate surface area is 120 Å². The molecule has 0 radical (unpaired) electrons. The number of nitrogens with one attached hydrogen (secondary N) is 1. The van der Waals surface area contributed by atoms with Crippen LogP contribution in [0.5, 0.6) is 0 Å². The van der Waals surface area contributed by atoms with Gasteiger partial charge in [0.2, 0.25) is 0 Å². The van der Waals surface area contributed by atoms with Crippen LogP contribution in [-0.4, -0.2) is 11.5 Å². The van der Waals surface area contributed by atoms with E-state index in [2.05, 4.69) is 40.6 Å². The van der Waals surface area contributed by atoms with Gasteiger partial charge in [-0.2, -0.15) is 0 Å². The molecule has 0 atom stereocenters. The molecule has 0 bridgehead atoms. The van der Waals surface area contributed by atoms with Gasteiger partial charge in [0.1, 0.15) is 0 Å². The van der Waals surface area contributed by atoms with Gasteiger partial charge in [-0.25, -0.2) is 0 Å². The van der Waals surface area contributed by atoms with E-state index in [9.17, 15) is 0 Å². The Kier molecular flexibility index (Phi) is 4.44. The van der Waals surface area contributed by atoms with E-state index >= 15 is 0 Å². The number of rotatable bonds is 5. The number of nitrogens with zero attached hydrogens (tertiary/aromatic N) is 1. The molecule has 0 aliphatic heterocycles. The lowest BCUT2D eigenvalue weighted by Crippen LogP contribution is -2.16. The van der Waals surface area contributed by atoms with Crippen molar-refractivity contribution in [3.8, 4) is 0 Å². The number of fused-ring (bicyclic) bond motifs is 1. The molecule has 3 rings (SSSR count). The van der Waals surface area contributed by atoms with E-state index in [1.54, 1.807) is 5.57 Å². The molecule has 1 aliphatic rings. The molecule has 20 heavy (non-hydrogen) atoms. The summed E-state index contributed by atoms with van der Waals surface area (Å²) in [5.41, 5.74) is 2.93. The van der Waals surface area contributed by atoms with Crippen LogP contribution in [0.15, 0.2) is 48.3 Å². The van der Waals surface area contributed by atoms with Crippen LogP contribution in [0.25, 0.3) is 10.8 Å². The molecule has 0 amide bonds. The van der Waals surface area contributed by atoms with Crippen molar-refractivity contribution < 1.29 is 0 Å². The Hall–Kier alpha value is -1.67. The fourth-order valence-corrected chi connectivity index (χ4v) is 2.92. The Morgan fingerprint density at radius 3 is 2.95 bits per heavy atom. The van der Waals surface area contributed by atoms with Crippen LogP contribution in [-0.2, 0) is 6.54 Å². The topological polar surface area (TPSA) is 24.9 Å². The normalized spacial score (nSPS) is 15.3. The maximum Gasteiger partial charge on any atom is 0.0346 e. The number of hydrogen-bond donors (Lipinski definition) is 1. The Balaban J connectivity index is 1.56. The van der Waals surface area contributed by atoms with Gasteiger partial charge in [0, 0.05) is 24.3 Å². The predicted octanol–water partition coefficient (Wildman–Crippen LogP) is 4.21. The summed E-state index contributed by atoms with van der Waals surface area (Å²) in [4.78, 5) is 4.33. The molecule has 1 N–H and O–H groups in total. The molecule has 0 fully saturated rings. The van der Waals surface area contributed by atoms with Crippen molar-refractivity contribution in [1.82, 2.24) is 10.3 Å². The first-order valence-electron chi connectivity index (χ1n) is 7.64.